The molecule has 5 heteroatoms. The number of benzene rings is 1. The normalized spacial score (nSPS) is 12.2. The molecule has 0 bridgehead atoms. The third-order valence-electron chi connectivity index (χ3n) is 3.16. The van der Waals surface area contributed by atoms with Crippen LogP contribution in [-0.2, 0) is 0 Å². The fourth-order valence-electron chi connectivity index (χ4n) is 2.19. The maximum absolute atomic E-state index is 4.42. The second kappa shape index (κ2) is 5.63. The Morgan fingerprint density at radius 1 is 1.00 bits per heavy atom. The van der Waals surface area contributed by atoms with Crippen molar-refractivity contribution >= 4 is 0 Å². The zero-order valence-electron chi connectivity index (χ0n) is 11.1. The molecule has 0 aliphatic heterocycles. The van der Waals surface area contributed by atoms with Crippen LogP contribution in [0.3, 0.4) is 0 Å². The van der Waals surface area contributed by atoms with Crippen molar-refractivity contribution < 1.29 is 0 Å². The monoisotopic (exact) mass is 265 g/mol. The van der Waals surface area contributed by atoms with E-state index in [1.165, 1.54) is 6.33 Å². The van der Waals surface area contributed by atoms with Crippen molar-refractivity contribution in [2.45, 2.75) is 6.04 Å². The van der Waals surface area contributed by atoms with Crippen molar-refractivity contribution in [2.24, 2.45) is 0 Å². The van der Waals surface area contributed by atoms with Gasteiger partial charge >= 0.3 is 0 Å². The van der Waals surface area contributed by atoms with Crippen LogP contribution >= 0.6 is 0 Å². The predicted octanol–water partition coefficient (Wildman–Crippen LogP) is 1.97. The number of nitrogens with zero attached hydrogens (tertiary/aromatic N) is 4. The molecule has 20 heavy (non-hydrogen) atoms. The van der Waals surface area contributed by atoms with Crippen LogP contribution in [-0.4, -0.2) is 26.8 Å². The zero-order chi connectivity index (χ0) is 13.8. The van der Waals surface area contributed by atoms with E-state index < -0.39 is 0 Å². The molecule has 1 atom stereocenters. The highest BCUT2D eigenvalue weighted by Gasteiger charge is 2.14. The van der Waals surface area contributed by atoms with Gasteiger partial charge in [-0.15, -0.1) is 0 Å². The maximum Gasteiger partial charge on any atom is 0.115 e. The van der Waals surface area contributed by atoms with Crippen LogP contribution < -0.4 is 5.32 Å². The Morgan fingerprint density at radius 3 is 2.45 bits per heavy atom. The molecule has 0 aliphatic rings. The Labute approximate surface area is 117 Å². The molecule has 1 unspecified atom stereocenters. The third kappa shape index (κ3) is 2.44. The minimum Gasteiger partial charge on any atom is -0.309 e. The number of para-hydroxylation sites is 1. The summed E-state index contributed by atoms with van der Waals surface area (Å²) in [6, 6.07) is 10.1. The maximum atomic E-state index is 4.42. The van der Waals surface area contributed by atoms with Crippen LogP contribution in [0.4, 0.5) is 0 Å². The SMILES string of the molecule is CNC(c1cncnc1)c1cnn(-c2ccccc2)c1. The first-order valence-electron chi connectivity index (χ1n) is 6.40. The lowest BCUT2D eigenvalue weighted by Gasteiger charge is -2.13. The Morgan fingerprint density at radius 2 is 1.75 bits per heavy atom. The van der Waals surface area contributed by atoms with Gasteiger partial charge in [-0.3, -0.25) is 0 Å². The summed E-state index contributed by atoms with van der Waals surface area (Å²) in [5.41, 5.74) is 3.13. The lowest BCUT2D eigenvalue weighted by molar-refractivity contribution is 0.684. The van der Waals surface area contributed by atoms with Crippen molar-refractivity contribution in [1.82, 2.24) is 25.1 Å². The van der Waals surface area contributed by atoms with E-state index >= 15 is 0 Å². The molecular weight excluding hydrogens is 250 g/mol. The van der Waals surface area contributed by atoms with Crippen LogP contribution in [0.2, 0.25) is 0 Å². The fourth-order valence-corrected chi connectivity index (χ4v) is 2.19. The van der Waals surface area contributed by atoms with E-state index in [1.54, 1.807) is 0 Å². The highest BCUT2D eigenvalue weighted by Crippen LogP contribution is 2.20. The molecule has 2 heterocycles. The van der Waals surface area contributed by atoms with Gasteiger partial charge in [-0.1, -0.05) is 18.2 Å². The molecule has 1 aromatic carbocycles. The molecule has 0 saturated heterocycles. The van der Waals surface area contributed by atoms with Gasteiger partial charge < -0.3 is 5.32 Å². The van der Waals surface area contributed by atoms with E-state index in [0.29, 0.717) is 0 Å². The highest BCUT2D eigenvalue weighted by molar-refractivity contribution is 5.33. The van der Waals surface area contributed by atoms with Gasteiger partial charge in [-0.25, -0.2) is 14.6 Å². The molecule has 0 radical (unpaired) electrons. The third-order valence-corrected chi connectivity index (χ3v) is 3.16. The Kier molecular flexibility index (Phi) is 3.52. The quantitative estimate of drug-likeness (QED) is 0.783. The molecular formula is C15H15N5. The van der Waals surface area contributed by atoms with Gasteiger partial charge in [0.15, 0.2) is 0 Å². The molecule has 0 aliphatic carbocycles. The summed E-state index contributed by atoms with van der Waals surface area (Å²) in [6.07, 6.45) is 9.04. The summed E-state index contributed by atoms with van der Waals surface area (Å²) in [6.45, 7) is 0. The second-order valence-electron chi connectivity index (χ2n) is 4.45. The molecule has 100 valence electrons. The first-order chi connectivity index (χ1) is 9.88. The van der Waals surface area contributed by atoms with Gasteiger partial charge in [0.25, 0.3) is 0 Å². The molecule has 3 aromatic rings. The van der Waals surface area contributed by atoms with Gasteiger partial charge in [0, 0.05) is 29.7 Å². The standard InChI is InChI=1S/C15H15N5/c1-16-15(12-7-17-11-18-8-12)13-9-19-20(10-13)14-5-3-2-4-6-14/h2-11,15-16H,1H3. The van der Waals surface area contributed by atoms with Crippen LogP contribution in [0.5, 0.6) is 0 Å². The van der Waals surface area contributed by atoms with Crippen LogP contribution in [0.15, 0.2) is 61.4 Å². The summed E-state index contributed by atoms with van der Waals surface area (Å²) < 4.78 is 1.86. The van der Waals surface area contributed by atoms with Gasteiger partial charge in [0.2, 0.25) is 0 Å². The van der Waals surface area contributed by atoms with Gasteiger partial charge in [-0.05, 0) is 19.2 Å². The lowest BCUT2D eigenvalue weighted by Crippen LogP contribution is -2.17. The van der Waals surface area contributed by atoms with Crippen molar-refractivity contribution in [2.75, 3.05) is 7.05 Å². The second-order valence-corrected chi connectivity index (χ2v) is 4.45. The zero-order valence-corrected chi connectivity index (χ0v) is 11.1. The van der Waals surface area contributed by atoms with E-state index in [9.17, 15) is 0 Å². The Balaban J connectivity index is 1.93. The summed E-state index contributed by atoms with van der Waals surface area (Å²) >= 11 is 0. The number of aromatic nitrogens is 4. The summed E-state index contributed by atoms with van der Waals surface area (Å²) in [4.78, 5) is 8.13. The Hall–Kier alpha value is -2.53. The average Bonchev–Trinajstić information content (AvgIpc) is 3.00. The smallest absolute Gasteiger partial charge is 0.115 e. The van der Waals surface area contributed by atoms with E-state index in [0.717, 1.165) is 16.8 Å². The number of nitrogens with one attached hydrogen (secondary N) is 1. The topological polar surface area (TPSA) is 55.6 Å². The van der Waals surface area contributed by atoms with E-state index in [4.69, 9.17) is 0 Å². The molecule has 1 N–H and O–H groups in total. The van der Waals surface area contributed by atoms with Gasteiger partial charge in [0.05, 0.1) is 17.9 Å². The van der Waals surface area contributed by atoms with Crippen LogP contribution in [0, 0.1) is 0 Å². The first-order valence-corrected chi connectivity index (χ1v) is 6.40. The van der Waals surface area contributed by atoms with Crippen molar-refractivity contribution in [3.05, 3.63) is 72.6 Å². The predicted molar refractivity (Wildman–Crippen MR) is 76.5 cm³/mol. The van der Waals surface area contributed by atoms with Crippen LogP contribution in [0.1, 0.15) is 17.2 Å². The highest BCUT2D eigenvalue weighted by atomic mass is 15.3. The van der Waals surface area contributed by atoms with Crippen LogP contribution in [0.25, 0.3) is 5.69 Å². The molecule has 2 aromatic heterocycles. The van der Waals surface area contributed by atoms with Gasteiger partial charge in [0.1, 0.15) is 6.33 Å². The summed E-state index contributed by atoms with van der Waals surface area (Å²) in [5, 5.41) is 7.68. The molecule has 0 spiro atoms. The van der Waals surface area contributed by atoms with Crippen molar-refractivity contribution in [3.63, 3.8) is 0 Å². The minimum absolute atomic E-state index is 0.0358. The lowest BCUT2D eigenvalue weighted by atomic mass is 10.1. The fraction of sp³-hybridized carbons (Fsp3) is 0.133. The molecule has 5 nitrogen and oxygen atoms in total. The van der Waals surface area contributed by atoms with Crippen molar-refractivity contribution in [3.8, 4) is 5.69 Å². The Bertz CT molecular complexity index is 663. The minimum atomic E-state index is 0.0358. The average molecular weight is 265 g/mol. The van der Waals surface area contributed by atoms with Crippen molar-refractivity contribution in [1.29, 1.82) is 0 Å². The van der Waals surface area contributed by atoms with E-state index in [2.05, 4.69) is 20.4 Å². The van der Waals surface area contributed by atoms with Gasteiger partial charge in [-0.2, -0.15) is 5.10 Å². The molecule has 0 saturated carbocycles. The summed E-state index contributed by atoms with van der Waals surface area (Å²) in [7, 11) is 1.91. The number of hydrogen-bond acceptors (Lipinski definition) is 4. The first kappa shape index (κ1) is 12.5. The molecule has 0 amide bonds. The number of hydrogen-bond donors (Lipinski definition) is 1. The molecule has 3 rings (SSSR count). The van der Waals surface area contributed by atoms with E-state index in [1.807, 2.05) is 66.8 Å². The number of rotatable bonds is 4. The molecule has 0 fully saturated rings. The van der Waals surface area contributed by atoms with E-state index in [-0.39, 0.29) is 6.04 Å². The largest absolute Gasteiger partial charge is 0.309 e. The summed E-state index contributed by atoms with van der Waals surface area (Å²) in [5.74, 6) is 0.